The van der Waals surface area contributed by atoms with Crippen molar-refractivity contribution in [1.29, 1.82) is 0 Å². The molecule has 0 aliphatic heterocycles. The third-order valence-electron chi connectivity index (χ3n) is 2.72. The maximum Gasteiger partial charge on any atom is 0.255 e. The Kier molecular flexibility index (Phi) is 3.30. The maximum atomic E-state index is 11.8. The van der Waals surface area contributed by atoms with Crippen LogP contribution in [-0.4, -0.2) is 35.1 Å². The molecule has 0 bridgehead atoms. The first-order valence-corrected chi connectivity index (χ1v) is 5.87. The zero-order chi connectivity index (χ0) is 11.7. The van der Waals surface area contributed by atoms with Crippen LogP contribution >= 0.6 is 11.6 Å². The molecule has 1 aromatic rings. The number of aromatic nitrogens is 2. The second-order valence-corrected chi connectivity index (χ2v) is 4.89. The van der Waals surface area contributed by atoms with Crippen molar-refractivity contribution in [3.05, 3.63) is 27.4 Å². The van der Waals surface area contributed by atoms with Crippen molar-refractivity contribution in [3.8, 4) is 0 Å². The monoisotopic (exact) mass is 241 g/mol. The third kappa shape index (κ3) is 2.62. The lowest BCUT2D eigenvalue weighted by Gasteiger charge is -2.14. The summed E-state index contributed by atoms with van der Waals surface area (Å²) in [6, 6.07) is 1.39. The van der Waals surface area contributed by atoms with E-state index >= 15 is 0 Å². The number of rotatable bonds is 4. The van der Waals surface area contributed by atoms with Crippen LogP contribution in [-0.2, 0) is 6.54 Å². The van der Waals surface area contributed by atoms with Crippen LogP contribution in [0, 0.1) is 0 Å². The first-order valence-electron chi connectivity index (χ1n) is 5.50. The molecule has 1 aliphatic rings. The van der Waals surface area contributed by atoms with E-state index in [2.05, 4.69) is 9.88 Å². The lowest BCUT2D eigenvalue weighted by molar-refractivity contribution is 0.375. The molecule has 0 radical (unpaired) electrons. The Balaban J connectivity index is 2.30. The van der Waals surface area contributed by atoms with Crippen LogP contribution in [0.25, 0.3) is 0 Å². The van der Waals surface area contributed by atoms with E-state index in [4.69, 9.17) is 11.6 Å². The minimum Gasteiger partial charge on any atom is -0.308 e. The molecular weight excluding hydrogens is 226 g/mol. The van der Waals surface area contributed by atoms with Crippen LogP contribution in [0.4, 0.5) is 0 Å². The predicted molar refractivity (Wildman–Crippen MR) is 64.0 cm³/mol. The summed E-state index contributed by atoms with van der Waals surface area (Å²) in [5.41, 5.74) is -0.0382. The molecule has 1 fully saturated rings. The first-order chi connectivity index (χ1) is 7.58. The largest absolute Gasteiger partial charge is 0.308 e. The van der Waals surface area contributed by atoms with Crippen LogP contribution < -0.4 is 5.56 Å². The van der Waals surface area contributed by atoms with E-state index < -0.39 is 0 Å². The predicted octanol–water partition coefficient (Wildman–Crippen LogP) is 1.34. The van der Waals surface area contributed by atoms with Gasteiger partial charge in [-0.05, 0) is 26.9 Å². The lowest BCUT2D eigenvalue weighted by Crippen LogP contribution is -2.29. The molecular formula is C11H16ClN3O. The second-order valence-electron chi connectivity index (χ2n) is 4.50. The summed E-state index contributed by atoms with van der Waals surface area (Å²) in [5.74, 6) is 1.30. The van der Waals surface area contributed by atoms with E-state index in [0.717, 1.165) is 25.2 Å². The van der Waals surface area contributed by atoms with E-state index in [1.807, 2.05) is 14.1 Å². The second kappa shape index (κ2) is 4.55. The third-order valence-corrected chi connectivity index (χ3v) is 2.91. The lowest BCUT2D eigenvalue weighted by atomic mass is 10.3. The summed E-state index contributed by atoms with van der Waals surface area (Å²) >= 11 is 5.82. The van der Waals surface area contributed by atoms with Crippen LogP contribution in [0.2, 0.25) is 5.15 Å². The van der Waals surface area contributed by atoms with Gasteiger partial charge in [0.2, 0.25) is 0 Å². The summed E-state index contributed by atoms with van der Waals surface area (Å²) in [6.07, 6.45) is 2.24. The van der Waals surface area contributed by atoms with Gasteiger partial charge in [0.15, 0.2) is 0 Å². The van der Waals surface area contributed by atoms with Crippen LogP contribution in [0.5, 0.6) is 0 Å². The molecule has 5 heteroatoms. The average molecular weight is 242 g/mol. The fourth-order valence-corrected chi connectivity index (χ4v) is 1.85. The molecule has 0 saturated heterocycles. The summed E-state index contributed by atoms with van der Waals surface area (Å²) in [4.78, 5) is 18.2. The van der Waals surface area contributed by atoms with Crippen LogP contribution in [0.15, 0.2) is 10.9 Å². The molecule has 0 spiro atoms. The highest BCUT2D eigenvalue weighted by molar-refractivity contribution is 6.29. The number of likely N-dealkylation sites (N-methyl/N-ethyl adjacent to an activating group) is 1. The maximum absolute atomic E-state index is 11.8. The normalized spacial score (nSPS) is 15.8. The van der Waals surface area contributed by atoms with Gasteiger partial charge in [-0.1, -0.05) is 11.6 Å². The van der Waals surface area contributed by atoms with Gasteiger partial charge in [-0.15, -0.1) is 0 Å². The molecule has 0 unspecified atom stereocenters. The number of nitrogens with zero attached hydrogens (tertiary/aromatic N) is 3. The molecule has 0 aromatic carbocycles. The minimum atomic E-state index is -0.0382. The van der Waals surface area contributed by atoms with Crippen molar-refractivity contribution in [2.75, 3.05) is 20.6 Å². The summed E-state index contributed by atoms with van der Waals surface area (Å²) in [7, 11) is 3.98. The summed E-state index contributed by atoms with van der Waals surface area (Å²) in [6.45, 7) is 1.52. The topological polar surface area (TPSA) is 38.1 Å². The highest BCUT2D eigenvalue weighted by Gasteiger charge is 2.28. The van der Waals surface area contributed by atoms with Crippen molar-refractivity contribution in [3.63, 3.8) is 0 Å². The van der Waals surface area contributed by atoms with E-state index in [9.17, 15) is 4.79 Å². The van der Waals surface area contributed by atoms with Crippen LogP contribution in [0.3, 0.4) is 0 Å². The standard InChI is InChI=1S/C11H16ClN3O/c1-14(2)5-6-15-10(16)7-9(12)13-11(15)8-3-4-8/h7-8H,3-6H2,1-2H3. The first kappa shape index (κ1) is 11.6. The average Bonchev–Trinajstić information content (AvgIpc) is 2.97. The summed E-state index contributed by atoms with van der Waals surface area (Å²) in [5, 5.41) is 0.313. The smallest absolute Gasteiger partial charge is 0.255 e. The van der Waals surface area contributed by atoms with Gasteiger partial charge in [-0.2, -0.15) is 0 Å². The van der Waals surface area contributed by atoms with Gasteiger partial charge in [0.05, 0.1) is 0 Å². The molecule has 1 aliphatic carbocycles. The Hall–Kier alpha value is -0.870. The van der Waals surface area contributed by atoms with Gasteiger partial charge in [0, 0.05) is 25.1 Å². The Labute approximate surface area is 99.9 Å². The van der Waals surface area contributed by atoms with E-state index in [-0.39, 0.29) is 5.56 Å². The van der Waals surface area contributed by atoms with Gasteiger partial charge in [-0.25, -0.2) is 4.98 Å². The quantitative estimate of drug-likeness (QED) is 0.747. The van der Waals surface area contributed by atoms with Gasteiger partial charge >= 0.3 is 0 Å². The Morgan fingerprint density at radius 1 is 1.56 bits per heavy atom. The van der Waals surface area contributed by atoms with Crippen molar-refractivity contribution in [2.45, 2.75) is 25.3 Å². The zero-order valence-electron chi connectivity index (χ0n) is 9.61. The highest BCUT2D eigenvalue weighted by atomic mass is 35.5. The molecule has 1 heterocycles. The Morgan fingerprint density at radius 2 is 2.25 bits per heavy atom. The van der Waals surface area contributed by atoms with Gasteiger partial charge < -0.3 is 4.90 Å². The zero-order valence-corrected chi connectivity index (χ0v) is 10.4. The van der Waals surface area contributed by atoms with Crippen molar-refractivity contribution in [1.82, 2.24) is 14.5 Å². The molecule has 1 aromatic heterocycles. The fraction of sp³-hybridized carbons (Fsp3) is 0.636. The van der Waals surface area contributed by atoms with Crippen molar-refractivity contribution >= 4 is 11.6 Å². The fourth-order valence-electron chi connectivity index (χ4n) is 1.67. The molecule has 0 amide bonds. The Morgan fingerprint density at radius 3 is 2.81 bits per heavy atom. The highest BCUT2D eigenvalue weighted by Crippen LogP contribution is 2.38. The molecule has 4 nitrogen and oxygen atoms in total. The van der Waals surface area contributed by atoms with E-state index in [1.54, 1.807) is 4.57 Å². The molecule has 1 saturated carbocycles. The molecule has 0 N–H and O–H groups in total. The number of halogens is 1. The SMILES string of the molecule is CN(C)CCn1c(C2CC2)nc(Cl)cc1=O. The molecule has 0 atom stereocenters. The van der Waals surface area contributed by atoms with Gasteiger partial charge in [-0.3, -0.25) is 9.36 Å². The molecule has 2 rings (SSSR count). The van der Waals surface area contributed by atoms with Crippen LogP contribution in [0.1, 0.15) is 24.6 Å². The van der Waals surface area contributed by atoms with E-state index in [0.29, 0.717) is 17.6 Å². The number of hydrogen-bond donors (Lipinski definition) is 0. The molecule has 88 valence electrons. The Bertz CT molecular complexity index is 437. The summed E-state index contributed by atoms with van der Waals surface area (Å²) < 4.78 is 1.75. The van der Waals surface area contributed by atoms with Gasteiger partial charge in [0.1, 0.15) is 11.0 Å². The number of hydrogen-bond acceptors (Lipinski definition) is 3. The van der Waals surface area contributed by atoms with Gasteiger partial charge in [0.25, 0.3) is 5.56 Å². The van der Waals surface area contributed by atoms with Crippen molar-refractivity contribution in [2.24, 2.45) is 0 Å². The minimum absolute atomic E-state index is 0.0382. The molecule has 16 heavy (non-hydrogen) atoms. The van der Waals surface area contributed by atoms with Crippen molar-refractivity contribution < 1.29 is 0 Å². The van der Waals surface area contributed by atoms with E-state index in [1.165, 1.54) is 6.07 Å².